The van der Waals surface area contributed by atoms with Crippen molar-refractivity contribution in [2.24, 2.45) is 0 Å². The van der Waals surface area contributed by atoms with Gasteiger partial charge < -0.3 is 10.0 Å². The van der Waals surface area contributed by atoms with Crippen molar-refractivity contribution >= 4 is 27.3 Å². The maximum absolute atomic E-state index is 9.71. The average Bonchev–Trinajstić information content (AvgIpc) is 2.48. The van der Waals surface area contributed by atoms with Crippen molar-refractivity contribution in [1.29, 1.82) is 5.26 Å². The topological polar surface area (TPSA) is 47.3 Å². The fourth-order valence-electron chi connectivity index (χ4n) is 2.20. The molecule has 0 amide bonds. The highest BCUT2D eigenvalue weighted by atomic mass is 79.9. The van der Waals surface area contributed by atoms with Gasteiger partial charge in [0.25, 0.3) is 0 Å². The first kappa shape index (κ1) is 15.6. The molecule has 0 aromatic heterocycles. The maximum Gasteiger partial charge on any atom is 0.0772 e. The van der Waals surface area contributed by atoms with Gasteiger partial charge in [-0.15, -0.1) is 0 Å². The van der Waals surface area contributed by atoms with Crippen LogP contribution in [0.1, 0.15) is 25.0 Å². The number of aliphatic hydroxyl groups is 1. The predicted octanol–water partition coefficient (Wildman–Crippen LogP) is 4.55. The van der Waals surface area contributed by atoms with Crippen LogP contribution in [0.5, 0.6) is 0 Å². The Bertz CT molecular complexity index is 635. The zero-order valence-electron chi connectivity index (χ0n) is 11.8. The molecule has 1 N–H and O–H groups in total. The molecule has 0 saturated carbocycles. The molecule has 21 heavy (non-hydrogen) atoms. The van der Waals surface area contributed by atoms with Crippen LogP contribution in [0.25, 0.3) is 0 Å². The van der Waals surface area contributed by atoms with Gasteiger partial charge in [0.1, 0.15) is 0 Å². The van der Waals surface area contributed by atoms with Gasteiger partial charge in [-0.1, -0.05) is 40.2 Å². The Morgan fingerprint density at radius 2 is 1.90 bits per heavy atom. The lowest BCUT2D eigenvalue weighted by atomic mass is 10.1. The minimum Gasteiger partial charge on any atom is -0.389 e. The molecule has 0 heterocycles. The zero-order chi connectivity index (χ0) is 15.2. The van der Waals surface area contributed by atoms with Crippen molar-refractivity contribution in [1.82, 2.24) is 0 Å². The SMILES string of the molecule is C[C@@H](O)c1ccc(N(CCC#N)c2ccccc2)cc1Br. The van der Waals surface area contributed by atoms with Gasteiger partial charge in [0.2, 0.25) is 0 Å². The Balaban J connectivity index is 2.38. The summed E-state index contributed by atoms with van der Waals surface area (Å²) in [6.45, 7) is 2.37. The van der Waals surface area contributed by atoms with Gasteiger partial charge in [-0.05, 0) is 36.8 Å². The summed E-state index contributed by atoms with van der Waals surface area (Å²) in [6, 6.07) is 18.0. The van der Waals surface area contributed by atoms with Crippen LogP contribution in [0, 0.1) is 11.3 Å². The molecular formula is C17H17BrN2O. The number of aliphatic hydroxyl groups excluding tert-OH is 1. The number of rotatable bonds is 5. The highest BCUT2D eigenvalue weighted by Crippen LogP contribution is 2.31. The standard InChI is InChI=1S/C17H17BrN2O/c1-13(21)16-9-8-15(12-17(16)18)20(11-5-10-19)14-6-3-2-4-7-14/h2-4,6-9,12-13,21H,5,11H2,1H3/t13-/m1/s1. The van der Waals surface area contributed by atoms with Gasteiger partial charge >= 0.3 is 0 Å². The summed E-state index contributed by atoms with van der Waals surface area (Å²) < 4.78 is 0.868. The summed E-state index contributed by atoms with van der Waals surface area (Å²) in [6.07, 6.45) is -0.0669. The van der Waals surface area contributed by atoms with Crippen LogP contribution in [0.4, 0.5) is 11.4 Å². The van der Waals surface area contributed by atoms with Crippen LogP contribution in [0.3, 0.4) is 0 Å². The number of nitriles is 1. The highest BCUT2D eigenvalue weighted by Gasteiger charge is 2.12. The molecular weight excluding hydrogens is 328 g/mol. The Labute approximate surface area is 133 Å². The molecule has 0 aliphatic rings. The fraction of sp³-hybridized carbons (Fsp3) is 0.235. The van der Waals surface area contributed by atoms with Crippen LogP contribution >= 0.6 is 15.9 Å². The first-order valence-electron chi connectivity index (χ1n) is 6.80. The highest BCUT2D eigenvalue weighted by molar-refractivity contribution is 9.10. The molecule has 2 aromatic carbocycles. The molecule has 3 nitrogen and oxygen atoms in total. The zero-order valence-corrected chi connectivity index (χ0v) is 13.4. The van der Waals surface area contributed by atoms with Gasteiger partial charge in [0.15, 0.2) is 0 Å². The Hall–Kier alpha value is -1.83. The first-order chi connectivity index (χ1) is 10.1. The Morgan fingerprint density at radius 1 is 1.19 bits per heavy atom. The molecule has 0 saturated heterocycles. The van der Waals surface area contributed by atoms with E-state index in [4.69, 9.17) is 5.26 Å². The Kier molecular flexibility index (Phi) is 5.38. The predicted molar refractivity (Wildman–Crippen MR) is 88.5 cm³/mol. The molecule has 0 unspecified atom stereocenters. The third kappa shape index (κ3) is 3.84. The van der Waals surface area contributed by atoms with Crippen LogP contribution in [-0.2, 0) is 0 Å². The minimum atomic E-state index is -0.516. The largest absolute Gasteiger partial charge is 0.389 e. The monoisotopic (exact) mass is 344 g/mol. The van der Waals surface area contributed by atoms with Gasteiger partial charge in [-0.3, -0.25) is 0 Å². The van der Waals surface area contributed by atoms with Crippen molar-refractivity contribution in [3.8, 4) is 6.07 Å². The lowest BCUT2D eigenvalue weighted by molar-refractivity contribution is 0.198. The van der Waals surface area contributed by atoms with Gasteiger partial charge in [0, 0.05) is 22.4 Å². The lowest BCUT2D eigenvalue weighted by Crippen LogP contribution is -2.18. The molecule has 0 spiro atoms. The number of hydrogen-bond donors (Lipinski definition) is 1. The molecule has 4 heteroatoms. The van der Waals surface area contributed by atoms with E-state index in [0.717, 1.165) is 21.4 Å². The molecule has 0 radical (unpaired) electrons. The van der Waals surface area contributed by atoms with E-state index in [1.807, 2.05) is 48.5 Å². The number of anilines is 2. The first-order valence-corrected chi connectivity index (χ1v) is 7.60. The van der Waals surface area contributed by atoms with Crippen LogP contribution < -0.4 is 4.90 Å². The van der Waals surface area contributed by atoms with E-state index in [1.54, 1.807) is 6.92 Å². The van der Waals surface area contributed by atoms with Crippen molar-refractivity contribution in [2.45, 2.75) is 19.4 Å². The van der Waals surface area contributed by atoms with E-state index in [0.29, 0.717) is 13.0 Å². The number of halogens is 1. The van der Waals surface area contributed by atoms with Gasteiger partial charge in [0.05, 0.1) is 18.6 Å². The van der Waals surface area contributed by atoms with Gasteiger partial charge in [-0.2, -0.15) is 5.26 Å². The van der Waals surface area contributed by atoms with E-state index < -0.39 is 6.10 Å². The molecule has 0 aliphatic carbocycles. The summed E-state index contributed by atoms with van der Waals surface area (Å²) in [5.74, 6) is 0. The summed E-state index contributed by atoms with van der Waals surface area (Å²) in [4.78, 5) is 2.10. The van der Waals surface area contributed by atoms with E-state index in [1.165, 1.54) is 0 Å². The second-order valence-corrected chi connectivity index (χ2v) is 5.63. The second kappa shape index (κ2) is 7.26. The van der Waals surface area contributed by atoms with Gasteiger partial charge in [-0.25, -0.2) is 0 Å². The molecule has 2 rings (SSSR count). The second-order valence-electron chi connectivity index (χ2n) is 4.78. The van der Waals surface area contributed by atoms with E-state index in [-0.39, 0.29) is 0 Å². The average molecular weight is 345 g/mol. The molecule has 1 atom stereocenters. The fourth-order valence-corrected chi connectivity index (χ4v) is 2.90. The van der Waals surface area contributed by atoms with E-state index in [2.05, 4.69) is 26.9 Å². The summed E-state index contributed by atoms with van der Waals surface area (Å²) >= 11 is 3.51. The number of hydrogen-bond acceptors (Lipinski definition) is 3. The van der Waals surface area contributed by atoms with Crippen LogP contribution in [-0.4, -0.2) is 11.7 Å². The smallest absolute Gasteiger partial charge is 0.0772 e. The molecule has 0 bridgehead atoms. The quantitative estimate of drug-likeness (QED) is 0.865. The number of para-hydroxylation sites is 1. The molecule has 0 fully saturated rings. The Morgan fingerprint density at radius 3 is 2.48 bits per heavy atom. The molecule has 2 aromatic rings. The maximum atomic E-state index is 9.71. The normalized spacial score (nSPS) is 11.7. The third-order valence-electron chi connectivity index (χ3n) is 3.26. The lowest BCUT2D eigenvalue weighted by Gasteiger charge is -2.25. The van der Waals surface area contributed by atoms with Crippen molar-refractivity contribution < 1.29 is 5.11 Å². The molecule has 0 aliphatic heterocycles. The molecule has 108 valence electrons. The van der Waals surface area contributed by atoms with E-state index >= 15 is 0 Å². The summed E-state index contributed by atoms with van der Waals surface area (Å²) in [5.41, 5.74) is 2.89. The summed E-state index contributed by atoms with van der Waals surface area (Å²) in [7, 11) is 0. The minimum absolute atomic E-state index is 0.449. The third-order valence-corrected chi connectivity index (χ3v) is 3.95. The van der Waals surface area contributed by atoms with E-state index in [9.17, 15) is 5.11 Å². The van der Waals surface area contributed by atoms with Crippen molar-refractivity contribution in [3.05, 3.63) is 58.6 Å². The summed E-state index contributed by atoms with van der Waals surface area (Å²) in [5, 5.41) is 18.6. The van der Waals surface area contributed by atoms with Crippen molar-refractivity contribution in [2.75, 3.05) is 11.4 Å². The van der Waals surface area contributed by atoms with Crippen LogP contribution in [0.2, 0.25) is 0 Å². The number of nitrogens with zero attached hydrogens (tertiary/aromatic N) is 2. The van der Waals surface area contributed by atoms with Crippen molar-refractivity contribution in [3.63, 3.8) is 0 Å². The van der Waals surface area contributed by atoms with Crippen LogP contribution in [0.15, 0.2) is 53.0 Å². The number of benzene rings is 2.